The van der Waals surface area contributed by atoms with Crippen LogP contribution in [0, 0.1) is 0 Å². The van der Waals surface area contributed by atoms with Crippen LogP contribution in [0.15, 0.2) is 15.9 Å². The number of nitrogens with one attached hydrogen (secondary N) is 2. The quantitative estimate of drug-likeness (QED) is 0.775. The standard InChI is InChI=1S/C8H13BrN2O2S2/c1-10-15(12,13)5-3-11-6-8-7(9)2-4-14-8/h2,4,10-11H,3,5-6H2,1H3. The summed E-state index contributed by atoms with van der Waals surface area (Å²) in [5.74, 6) is 0.104. The first kappa shape index (κ1) is 13.1. The van der Waals surface area contributed by atoms with E-state index < -0.39 is 10.0 Å². The molecule has 1 heterocycles. The van der Waals surface area contributed by atoms with E-state index in [4.69, 9.17) is 0 Å². The predicted molar refractivity (Wildman–Crippen MR) is 66.6 cm³/mol. The highest BCUT2D eigenvalue weighted by molar-refractivity contribution is 9.10. The Balaban J connectivity index is 2.26. The third kappa shape index (κ3) is 4.60. The Morgan fingerprint density at radius 1 is 1.53 bits per heavy atom. The normalized spacial score (nSPS) is 11.9. The molecule has 0 atom stereocenters. The Labute approximate surface area is 102 Å². The molecule has 0 aliphatic rings. The molecule has 1 aromatic rings. The molecule has 0 bridgehead atoms. The fraction of sp³-hybridized carbons (Fsp3) is 0.500. The maximum absolute atomic E-state index is 11.1. The van der Waals surface area contributed by atoms with Gasteiger partial charge < -0.3 is 5.32 Å². The molecule has 0 unspecified atom stereocenters. The van der Waals surface area contributed by atoms with E-state index in [0.717, 1.165) is 4.47 Å². The van der Waals surface area contributed by atoms with E-state index in [1.165, 1.54) is 11.9 Å². The molecule has 86 valence electrons. The zero-order chi connectivity index (χ0) is 11.3. The van der Waals surface area contributed by atoms with E-state index in [2.05, 4.69) is 26.0 Å². The summed E-state index contributed by atoms with van der Waals surface area (Å²) in [6.07, 6.45) is 0. The van der Waals surface area contributed by atoms with Crippen LogP contribution < -0.4 is 10.0 Å². The van der Waals surface area contributed by atoms with Gasteiger partial charge in [-0.1, -0.05) is 0 Å². The highest BCUT2D eigenvalue weighted by Crippen LogP contribution is 2.21. The zero-order valence-electron chi connectivity index (χ0n) is 8.29. The van der Waals surface area contributed by atoms with Crippen LogP contribution in [0.2, 0.25) is 0 Å². The van der Waals surface area contributed by atoms with E-state index in [9.17, 15) is 8.42 Å². The Bertz CT molecular complexity index is 403. The Morgan fingerprint density at radius 3 is 2.80 bits per heavy atom. The number of thiophene rings is 1. The SMILES string of the molecule is CNS(=O)(=O)CCNCc1sccc1Br. The fourth-order valence-electron chi connectivity index (χ4n) is 0.962. The van der Waals surface area contributed by atoms with Gasteiger partial charge >= 0.3 is 0 Å². The Morgan fingerprint density at radius 2 is 2.27 bits per heavy atom. The van der Waals surface area contributed by atoms with Gasteiger partial charge in [-0.3, -0.25) is 0 Å². The van der Waals surface area contributed by atoms with Crippen LogP contribution in [0.1, 0.15) is 4.88 Å². The average molecular weight is 313 g/mol. The monoisotopic (exact) mass is 312 g/mol. The molecule has 2 N–H and O–H groups in total. The second kappa shape index (κ2) is 5.95. The maximum atomic E-state index is 11.1. The summed E-state index contributed by atoms with van der Waals surface area (Å²) in [5.41, 5.74) is 0. The fourth-order valence-corrected chi connectivity index (χ4v) is 3.04. The molecular weight excluding hydrogens is 300 g/mol. The molecule has 0 fully saturated rings. The summed E-state index contributed by atoms with van der Waals surface area (Å²) in [5, 5.41) is 5.07. The Kier molecular flexibility index (Phi) is 5.20. The molecule has 0 spiro atoms. The lowest BCUT2D eigenvalue weighted by atomic mass is 10.4. The zero-order valence-corrected chi connectivity index (χ0v) is 11.5. The summed E-state index contributed by atoms with van der Waals surface area (Å²) >= 11 is 5.05. The molecule has 4 nitrogen and oxygen atoms in total. The average Bonchev–Trinajstić information content (AvgIpc) is 2.59. The number of hydrogen-bond acceptors (Lipinski definition) is 4. The van der Waals surface area contributed by atoms with Crippen LogP contribution >= 0.6 is 27.3 Å². The second-order valence-electron chi connectivity index (χ2n) is 2.89. The van der Waals surface area contributed by atoms with Crippen LogP contribution in [0.4, 0.5) is 0 Å². The van der Waals surface area contributed by atoms with Crippen molar-refractivity contribution >= 4 is 37.3 Å². The van der Waals surface area contributed by atoms with Crippen molar-refractivity contribution in [3.63, 3.8) is 0 Å². The van der Waals surface area contributed by atoms with Crippen molar-refractivity contribution in [3.8, 4) is 0 Å². The number of sulfonamides is 1. The molecule has 0 aliphatic heterocycles. The van der Waals surface area contributed by atoms with E-state index >= 15 is 0 Å². The van der Waals surface area contributed by atoms with E-state index in [1.807, 2.05) is 11.4 Å². The number of halogens is 1. The van der Waals surface area contributed by atoms with Gasteiger partial charge in [0.25, 0.3) is 0 Å². The lowest BCUT2D eigenvalue weighted by molar-refractivity contribution is 0.583. The van der Waals surface area contributed by atoms with Crippen molar-refractivity contribution in [2.45, 2.75) is 6.54 Å². The molecule has 0 aliphatic carbocycles. The van der Waals surface area contributed by atoms with Crippen molar-refractivity contribution in [2.24, 2.45) is 0 Å². The minimum Gasteiger partial charge on any atom is -0.311 e. The third-order valence-electron chi connectivity index (χ3n) is 1.84. The Hall–Kier alpha value is 0.0500. The van der Waals surface area contributed by atoms with Gasteiger partial charge in [0.05, 0.1) is 5.75 Å². The molecule has 0 radical (unpaired) electrons. The van der Waals surface area contributed by atoms with Crippen molar-refractivity contribution in [2.75, 3.05) is 19.3 Å². The minimum absolute atomic E-state index is 0.104. The smallest absolute Gasteiger partial charge is 0.212 e. The summed E-state index contributed by atoms with van der Waals surface area (Å²) < 4.78 is 25.5. The second-order valence-corrected chi connectivity index (χ2v) is 6.79. The van der Waals surface area contributed by atoms with Crippen LogP contribution in [-0.4, -0.2) is 27.8 Å². The topological polar surface area (TPSA) is 58.2 Å². The van der Waals surface area contributed by atoms with Crippen LogP contribution in [0.3, 0.4) is 0 Å². The first-order valence-electron chi connectivity index (χ1n) is 4.39. The number of hydrogen-bond donors (Lipinski definition) is 2. The summed E-state index contributed by atoms with van der Waals surface area (Å²) in [6.45, 7) is 1.14. The molecule has 15 heavy (non-hydrogen) atoms. The minimum atomic E-state index is -3.09. The van der Waals surface area contributed by atoms with Gasteiger partial charge in [0.15, 0.2) is 0 Å². The first-order valence-corrected chi connectivity index (χ1v) is 7.71. The van der Waals surface area contributed by atoms with Gasteiger partial charge in [0.2, 0.25) is 10.0 Å². The summed E-state index contributed by atoms with van der Waals surface area (Å²) in [7, 11) is -1.67. The predicted octanol–water partition coefficient (Wildman–Crippen LogP) is 1.15. The molecule has 1 rings (SSSR count). The highest BCUT2D eigenvalue weighted by atomic mass is 79.9. The van der Waals surface area contributed by atoms with E-state index in [1.54, 1.807) is 11.3 Å². The van der Waals surface area contributed by atoms with Crippen LogP contribution in [0.25, 0.3) is 0 Å². The first-order chi connectivity index (χ1) is 7.05. The maximum Gasteiger partial charge on any atom is 0.212 e. The molecule has 0 saturated carbocycles. The highest BCUT2D eigenvalue weighted by Gasteiger charge is 2.06. The van der Waals surface area contributed by atoms with Gasteiger partial charge in [-0.25, -0.2) is 13.1 Å². The van der Waals surface area contributed by atoms with Gasteiger partial charge in [0.1, 0.15) is 0 Å². The third-order valence-corrected chi connectivity index (χ3v) is 5.13. The lowest BCUT2D eigenvalue weighted by Gasteiger charge is -2.04. The van der Waals surface area contributed by atoms with E-state index in [-0.39, 0.29) is 5.75 Å². The molecule has 7 heteroatoms. The van der Waals surface area contributed by atoms with Gasteiger partial charge in [0, 0.05) is 22.4 Å². The summed E-state index contributed by atoms with van der Waals surface area (Å²) in [4.78, 5) is 1.18. The molecule has 0 amide bonds. The van der Waals surface area contributed by atoms with E-state index in [0.29, 0.717) is 13.1 Å². The summed E-state index contributed by atoms with van der Waals surface area (Å²) in [6, 6.07) is 1.98. The van der Waals surface area contributed by atoms with Crippen LogP contribution in [0.5, 0.6) is 0 Å². The number of rotatable bonds is 6. The van der Waals surface area contributed by atoms with Gasteiger partial charge in [-0.15, -0.1) is 11.3 Å². The van der Waals surface area contributed by atoms with Crippen molar-refractivity contribution in [1.82, 2.24) is 10.0 Å². The van der Waals surface area contributed by atoms with Crippen molar-refractivity contribution in [3.05, 3.63) is 20.8 Å². The van der Waals surface area contributed by atoms with Gasteiger partial charge in [-0.05, 0) is 34.4 Å². The van der Waals surface area contributed by atoms with Crippen molar-refractivity contribution in [1.29, 1.82) is 0 Å². The molecule has 1 aromatic heterocycles. The molecule has 0 saturated heterocycles. The molecular formula is C8H13BrN2O2S2. The van der Waals surface area contributed by atoms with Gasteiger partial charge in [-0.2, -0.15) is 0 Å². The van der Waals surface area contributed by atoms with Crippen molar-refractivity contribution < 1.29 is 8.42 Å². The largest absolute Gasteiger partial charge is 0.311 e. The molecule has 0 aromatic carbocycles. The lowest BCUT2D eigenvalue weighted by Crippen LogP contribution is -2.29. The van der Waals surface area contributed by atoms with Crippen LogP contribution in [-0.2, 0) is 16.6 Å².